The van der Waals surface area contributed by atoms with Gasteiger partial charge >= 0.3 is 0 Å². The Kier molecular flexibility index (Phi) is 3.52. The molecule has 1 spiro atoms. The molecule has 1 amide bonds. The van der Waals surface area contributed by atoms with Gasteiger partial charge in [0.05, 0.1) is 25.7 Å². The summed E-state index contributed by atoms with van der Waals surface area (Å²) in [4.78, 5) is 16.4. The second-order valence-electron chi connectivity index (χ2n) is 6.21. The maximum absolute atomic E-state index is 13.0. The van der Waals surface area contributed by atoms with Crippen molar-refractivity contribution < 1.29 is 14.3 Å². The van der Waals surface area contributed by atoms with Gasteiger partial charge in [-0.05, 0) is 42.7 Å². The van der Waals surface area contributed by atoms with Crippen molar-refractivity contribution >= 4 is 17.2 Å². The maximum Gasteiger partial charge on any atom is 0.230 e. The molecule has 1 unspecified atom stereocenters. The predicted molar refractivity (Wildman–Crippen MR) is 80.4 cm³/mol. The molecule has 114 valence electrons. The van der Waals surface area contributed by atoms with E-state index in [4.69, 9.17) is 9.47 Å². The normalized spacial score (nSPS) is 27.8. The summed E-state index contributed by atoms with van der Waals surface area (Å²) in [7, 11) is 0. The zero-order chi connectivity index (χ0) is 14.3. The van der Waals surface area contributed by atoms with E-state index in [-0.39, 0.29) is 11.8 Å². The lowest BCUT2D eigenvalue weighted by Crippen LogP contribution is -2.52. The molecule has 1 aromatic heterocycles. The van der Waals surface area contributed by atoms with Gasteiger partial charge in [0, 0.05) is 17.8 Å². The lowest BCUT2D eigenvalue weighted by atomic mass is 9.86. The molecule has 0 bridgehead atoms. The number of carbonyl (C=O) groups is 1. The van der Waals surface area contributed by atoms with E-state index in [1.807, 2.05) is 4.90 Å². The SMILES string of the molecule is O=C(C1CCCc2sccc21)N1CCCC2(C1)OCCO2. The first kappa shape index (κ1) is 13.7. The zero-order valence-corrected chi connectivity index (χ0v) is 13.0. The minimum Gasteiger partial charge on any atom is -0.346 e. The Morgan fingerprint density at radius 2 is 2.19 bits per heavy atom. The molecular formula is C16H21NO3S. The first-order chi connectivity index (χ1) is 10.3. The molecule has 4 rings (SSSR count). The number of hydrogen-bond donors (Lipinski definition) is 0. The summed E-state index contributed by atoms with van der Waals surface area (Å²) < 4.78 is 11.6. The molecule has 2 fully saturated rings. The van der Waals surface area contributed by atoms with Crippen molar-refractivity contribution in [2.75, 3.05) is 26.3 Å². The molecule has 0 radical (unpaired) electrons. The third-order valence-electron chi connectivity index (χ3n) is 4.89. The molecule has 0 aromatic carbocycles. The summed E-state index contributed by atoms with van der Waals surface area (Å²) in [5.74, 6) is -0.191. The lowest BCUT2D eigenvalue weighted by molar-refractivity contribution is -0.193. The van der Waals surface area contributed by atoms with E-state index in [2.05, 4.69) is 11.4 Å². The van der Waals surface area contributed by atoms with Gasteiger partial charge in [-0.3, -0.25) is 4.79 Å². The highest BCUT2D eigenvalue weighted by Crippen LogP contribution is 2.38. The smallest absolute Gasteiger partial charge is 0.230 e. The highest BCUT2D eigenvalue weighted by Gasteiger charge is 2.43. The van der Waals surface area contributed by atoms with E-state index in [0.717, 1.165) is 38.6 Å². The molecule has 0 N–H and O–H groups in total. The Morgan fingerprint density at radius 3 is 3.05 bits per heavy atom. The summed E-state index contributed by atoms with van der Waals surface area (Å²) in [5.41, 5.74) is 1.27. The van der Waals surface area contributed by atoms with Crippen LogP contribution in [-0.4, -0.2) is 42.9 Å². The molecule has 3 heterocycles. The summed E-state index contributed by atoms with van der Waals surface area (Å²) in [6.07, 6.45) is 5.11. The van der Waals surface area contributed by atoms with E-state index < -0.39 is 5.79 Å². The maximum atomic E-state index is 13.0. The predicted octanol–water partition coefficient (Wildman–Crippen LogP) is 2.53. The van der Waals surface area contributed by atoms with Crippen molar-refractivity contribution in [3.8, 4) is 0 Å². The van der Waals surface area contributed by atoms with Crippen LogP contribution in [0.2, 0.25) is 0 Å². The van der Waals surface area contributed by atoms with Gasteiger partial charge < -0.3 is 14.4 Å². The van der Waals surface area contributed by atoms with Crippen molar-refractivity contribution in [2.24, 2.45) is 0 Å². The molecule has 3 aliphatic rings. The number of carbonyl (C=O) groups excluding carboxylic acids is 1. The van der Waals surface area contributed by atoms with E-state index in [1.54, 1.807) is 11.3 Å². The monoisotopic (exact) mass is 307 g/mol. The summed E-state index contributed by atoms with van der Waals surface area (Å²) in [6, 6.07) is 2.14. The molecule has 1 aromatic rings. The van der Waals surface area contributed by atoms with Crippen LogP contribution in [0.3, 0.4) is 0 Å². The van der Waals surface area contributed by atoms with Crippen LogP contribution in [0.25, 0.3) is 0 Å². The topological polar surface area (TPSA) is 38.8 Å². The van der Waals surface area contributed by atoms with Crippen molar-refractivity contribution in [1.29, 1.82) is 0 Å². The third kappa shape index (κ3) is 2.41. The van der Waals surface area contributed by atoms with Crippen LogP contribution in [-0.2, 0) is 20.7 Å². The second-order valence-corrected chi connectivity index (χ2v) is 7.22. The van der Waals surface area contributed by atoms with Crippen LogP contribution < -0.4 is 0 Å². The Labute approximate surface area is 129 Å². The van der Waals surface area contributed by atoms with Gasteiger partial charge in [-0.15, -0.1) is 11.3 Å². The number of piperidine rings is 1. The van der Waals surface area contributed by atoms with Crippen LogP contribution in [0.5, 0.6) is 0 Å². The Morgan fingerprint density at radius 1 is 1.33 bits per heavy atom. The molecule has 5 heteroatoms. The summed E-state index contributed by atoms with van der Waals surface area (Å²) in [6.45, 7) is 2.74. The van der Waals surface area contributed by atoms with Gasteiger partial charge in [0.1, 0.15) is 0 Å². The van der Waals surface area contributed by atoms with Crippen LogP contribution in [0.1, 0.15) is 42.0 Å². The van der Waals surface area contributed by atoms with Crippen LogP contribution in [0.15, 0.2) is 11.4 Å². The minimum atomic E-state index is -0.514. The van der Waals surface area contributed by atoms with Gasteiger partial charge in [0.15, 0.2) is 5.79 Å². The summed E-state index contributed by atoms with van der Waals surface area (Å²) in [5, 5.41) is 2.12. The fraction of sp³-hybridized carbons (Fsp3) is 0.688. The quantitative estimate of drug-likeness (QED) is 0.800. The molecule has 0 saturated carbocycles. The van der Waals surface area contributed by atoms with Crippen LogP contribution >= 0.6 is 11.3 Å². The lowest BCUT2D eigenvalue weighted by Gasteiger charge is -2.40. The highest BCUT2D eigenvalue weighted by atomic mass is 32.1. The van der Waals surface area contributed by atoms with Gasteiger partial charge in [-0.1, -0.05) is 0 Å². The largest absolute Gasteiger partial charge is 0.346 e. The first-order valence-electron chi connectivity index (χ1n) is 7.90. The van der Waals surface area contributed by atoms with Gasteiger partial charge in [-0.2, -0.15) is 0 Å². The number of rotatable bonds is 1. The molecule has 2 saturated heterocycles. The second kappa shape index (κ2) is 5.38. The van der Waals surface area contributed by atoms with E-state index in [9.17, 15) is 4.79 Å². The molecule has 21 heavy (non-hydrogen) atoms. The van der Waals surface area contributed by atoms with Crippen molar-refractivity contribution in [3.63, 3.8) is 0 Å². The van der Waals surface area contributed by atoms with E-state index in [1.165, 1.54) is 10.4 Å². The Balaban J connectivity index is 1.53. The minimum absolute atomic E-state index is 0.0524. The first-order valence-corrected chi connectivity index (χ1v) is 8.78. The fourth-order valence-corrected chi connectivity index (χ4v) is 4.86. The fourth-order valence-electron chi connectivity index (χ4n) is 3.87. The van der Waals surface area contributed by atoms with Gasteiger partial charge in [0.2, 0.25) is 5.91 Å². The zero-order valence-electron chi connectivity index (χ0n) is 12.2. The molecule has 2 aliphatic heterocycles. The number of amides is 1. The molecule has 1 aliphatic carbocycles. The summed E-state index contributed by atoms with van der Waals surface area (Å²) >= 11 is 1.79. The molecule has 1 atom stereocenters. The number of ether oxygens (including phenoxy) is 2. The van der Waals surface area contributed by atoms with Gasteiger partial charge in [0.25, 0.3) is 0 Å². The average molecular weight is 307 g/mol. The Hall–Kier alpha value is -0.910. The molecule has 4 nitrogen and oxygen atoms in total. The van der Waals surface area contributed by atoms with E-state index >= 15 is 0 Å². The van der Waals surface area contributed by atoms with Crippen LogP contribution in [0, 0.1) is 0 Å². The number of fused-ring (bicyclic) bond motifs is 1. The molecular weight excluding hydrogens is 286 g/mol. The van der Waals surface area contributed by atoms with E-state index in [0.29, 0.717) is 19.8 Å². The number of likely N-dealkylation sites (tertiary alicyclic amines) is 1. The number of nitrogens with zero attached hydrogens (tertiary/aromatic N) is 1. The average Bonchev–Trinajstić information content (AvgIpc) is 3.15. The Bertz CT molecular complexity index is 535. The highest BCUT2D eigenvalue weighted by molar-refractivity contribution is 7.10. The van der Waals surface area contributed by atoms with Crippen LogP contribution in [0.4, 0.5) is 0 Å². The number of hydrogen-bond acceptors (Lipinski definition) is 4. The standard InChI is InChI=1S/C16H21NO3S/c18-15(13-3-1-4-14-12(13)5-10-21-14)17-7-2-6-16(11-17)19-8-9-20-16/h5,10,13H,1-4,6-9,11H2. The van der Waals surface area contributed by atoms with Gasteiger partial charge in [-0.25, -0.2) is 0 Å². The van der Waals surface area contributed by atoms with Crippen molar-refractivity contribution in [3.05, 3.63) is 21.9 Å². The number of aryl methyl sites for hydroxylation is 1. The number of thiophene rings is 1. The van der Waals surface area contributed by atoms with Crippen molar-refractivity contribution in [1.82, 2.24) is 4.90 Å². The van der Waals surface area contributed by atoms with Crippen molar-refractivity contribution in [2.45, 2.75) is 43.8 Å². The third-order valence-corrected chi connectivity index (χ3v) is 5.89.